The van der Waals surface area contributed by atoms with E-state index >= 15 is 0 Å². The summed E-state index contributed by atoms with van der Waals surface area (Å²) in [7, 11) is 0. The summed E-state index contributed by atoms with van der Waals surface area (Å²) in [6.07, 6.45) is -3.11. The second-order valence-electron chi connectivity index (χ2n) is 5.55. The van der Waals surface area contributed by atoms with Crippen molar-refractivity contribution in [1.29, 1.82) is 0 Å². The van der Waals surface area contributed by atoms with E-state index in [4.69, 9.17) is 16.3 Å². The summed E-state index contributed by atoms with van der Waals surface area (Å²) in [5, 5.41) is 5.98. The molecule has 0 bridgehead atoms. The van der Waals surface area contributed by atoms with Gasteiger partial charge in [-0.1, -0.05) is 11.6 Å². The Hall–Kier alpha value is -3.21. The molecule has 0 unspecified atom stereocenters. The van der Waals surface area contributed by atoms with E-state index in [1.54, 1.807) is 13.0 Å². The molecule has 1 aromatic carbocycles. The normalized spacial score (nSPS) is 11.5. The van der Waals surface area contributed by atoms with Gasteiger partial charge in [-0.15, -0.1) is 5.10 Å². The minimum atomic E-state index is -4.60. The summed E-state index contributed by atoms with van der Waals surface area (Å²) in [6, 6.07) is 4.12. The van der Waals surface area contributed by atoms with E-state index in [9.17, 15) is 22.8 Å². The van der Waals surface area contributed by atoms with E-state index < -0.39 is 30.2 Å². The monoisotopic (exact) mass is 413 g/mol. The van der Waals surface area contributed by atoms with E-state index in [2.05, 4.69) is 20.4 Å². The van der Waals surface area contributed by atoms with Crippen molar-refractivity contribution in [3.8, 4) is 0 Å². The van der Waals surface area contributed by atoms with Gasteiger partial charge in [-0.25, -0.2) is 14.3 Å². The maximum atomic E-state index is 12.7. The number of fused-ring (bicyclic) bond motifs is 1. The third-order valence-corrected chi connectivity index (χ3v) is 3.84. The zero-order valence-electron chi connectivity index (χ0n) is 14.1. The van der Waals surface area contributed by atoms with Crippen LogP contribution in [0.2, 0.25) is 5.02 Å². The smallest absolute Gasteiger partial charge is 0.416 e. The van der Waals surface area contributed by atoms with Gasteiger partial charge in [-0.3, -0.25) is 4.79 Å². The number of hydrogen-bond donors (Lipinski definition) is 1. The van der Waals surface area contributed by atoms with Crippen LogP contribution in [0.4, 0.5) is 18.9 Å². The lowest BCUT2D eigenvalue weighted by Gasteiger charge is -2.11. The van der Waals surface area contributed by atoms with Crippen molar-refractivity contribution in [2.24, 2.45) is 0 Å². The van der Waals surface area contributed by atoms with Crippen molar-refractivity contribution < 1.29 is 27.5 Å². The Bertz CT molecular complexity index is 1070. The topological polar surface area (TPSA) is 98.5 Å². The van der Waals surface area contributed by atoms with Crippen LogP contribution >= 0.6 is 11.6 Å². The first-order chi connectivity index (χ1) is 13.1. The van der Waals surface area contributed by atoms with Crippen LogP contribution in [0.5, 0.6) is 0 Å². The third kappa shape index (κ3) is 4.19. The first kappa shape index (κ1) is 19.5. The third-order valence-electron chi connectivity index (χ3n) is 3.51. The molecule has 2 heterocycles. The van der Waals surface area contributed by atoms with E-state index in [0.717, 1.165) is 12.1 Å². The minimum Gasteiger partial charge on any atom is -0.450 e. The summed E-state index contributed by atoms with van der Waals surface area (Å²) < 4.78 is 44.4. The number of amides is 1. The fraction of sp³-hybridized carbons (Fsp3) is 0.188. The summed E-state index contributed by atoms with van der Waals surface area (Å²) in [6.45, 7) is 0.956. The summed E-state index contributed by atoms with van der Waals surface area (Å²) in [4.78, 5) is 31.7. The highest BCUT2D eigenvalue weighted by molar-refractivity contribution is 6.33. The molecule has 0 spiro atoms. The Kier molecular flexibility index (Phi) is 5.18. The molecule has 0 aliphatic carbocycles. The molecule has 0 fully saturated rings. The van der Waals surface area contributed by atoms with Gasteiger partial charge in [0, 0.05) is 11.9 Å². The van der Waals surface area contributed by atoms with E-state index in [1.807, 2.05) is 0 Å². The number of aromatic nitrogens is 4. The predicted molar refractivity (Wildman–Crippen MR) is 90.9 cm³/mol. The summed E-state index contributed by atoms with van der Waals surface area (Å²) >= 11 is 5.79. The van der Waals surface area contributed by atoms with E-state index in [1.165, 1.54) is 10.7 Å². The molecule has 0 radical (unpaired) electrons. The number of aryl methyl sites for hydroxylation is 1. The molecule has 1 N–H and O–H groups in total. The fourth-order valence-electron chi connectivity index (χ4n) is 2.17. The van der Waals surface area contributed by atoms with Crippen LogP contribution in [-0.4, -0.2) is 38.1 Å². The molecule has 0 aliphatic rings. The second-order valence-corrected chi connectivity index (χ2v) is 5.96. The Morgan fingerprint density at radius 2 is 2.04 bits per heavy atom. The molecular formula is C16H11ClF3N5O3. The molecule has 12 heteroatoms. The van der Waals surface area contributed by atoms with Crippen molar-refractivity contribution in [2.45, 2.75) is 13.1 Å². The van der Waals surface area contributed by atoms with Crippen LogP contribution in [0.25, 0.3) is 5.78 Å². The quantitative estimate of drug-likeness (QED) is 0.660. The highest BCUT2D eigenvalue weighted by Gasteiger charge is 2.31. The lowest BCUT2D eigenvalue weighted by molar-refractivity contribution is -0.137. The van der Waals surface area contributed by atoms with Crippen molar-refractivity contribution in [3.05, 3.63) is 52.6 Å². The number of carbonyl (C=O) groups is 2. The largest absolute Gasteiger partial charge is 0.450 e. The number of alkyl halides is 3. The summed E-state index contributed by atoms with van der Waals surface area (Å²) in [5.74, 6) is -2.01. The molecule has 1 amide bonds. The number of nitrogens with one attached hydrogen (secondary N) is 1. The molecule has 2 aromatic heterocycles. The highest BCUT2D eigenvalue weighted by atomic mass is 35.5. The van der Waals surface area contributed by atoms with Crippen LogP contribution in [0.15, 0.2) is 30.5 Å². The van der Waals surface area contributed by atoms with Gasteiger partial charge in [-0.2, -0.15) is 18.2 Å². The Balaban J connectivity index is 1.65. The van der Waals surface area contributed by atoms with Gasteiger partial charge in [0.25, 0.3) is 17.5 Å². The van der Waals surface area contributed by atoms with E-state index in [0.29, 0.717) is 11.8 Å². The summed E-state index contributed by atoms with van der Waals surface area (Å²) in [5.41, 5.74) is -0.572. The van der Waals surface area contributed by atoms with Crippen LogP contribution < -0.4 is 5.32 Å². The lowest BCUT2D eigenvalue weighted by Crippen LogP contribution is -2.22. The zero-order valence-corrected chi connectivity index (χ0v) is 14.9. The first-order valence-electron chi connectivity index (χ1n) is 7.67. The molecule has 0 saturated carbocycles. The van der Waals surface area contributed by atoms with Gasteiger partial charge in [-0.05, 0) is 31.2 Å². The number of nitrogens with zero attached hydrogens (tertiary/aromatic N) is 4. The standard InChI is InChI=1S/C16H11ClF3N5O3/c1-8-4-5-21-15-23-13(24-25(8)15)14(27)28-7-12(26)22-11-6-9(16(18,19)20)2-3-10(11)17/h2-6H,7H2,1H3,(H,22,26). The minimum absolute atomic E-state index is 0.101. The average Bonchev–Trinajstić information content (AvgIpc) is 3.06. The SMILES string of the molecule is Cc1ccnc2nc(C(=O)OCC(=O)Nc3cc(C(F)(F)F)ccc3Cl)nn12. The van der Waals surface area contributed by atoms with Gasteiger partial charge in [0.1, 0.15) is 0 Å². The van der Waals surface area contributed by atoms with E-state index in [-0.39, 0.29) is 22.3 Å². The number of halogens is 4. The van der Waals surface area contributed by atoms with Crippen LogP contribution in [0.1, 0.15) is 21.9 Å². The maximum absolute atomic E-state index is 12.7. The predicted octanol–water partition coefficient (Wildman–Crippen LogP) is 2.90. The van der Waals surface area contributed by atoms with Crippen molar-refractivity contribution >= 4 is 34.9 Å². The number of hydrogen-bond acceptors (Lipinski definition) is 6. The average molecular weight is 414 g/mol. The molecule has 0 aliphatic heterocycles. The molecule has 3 aromatic rings. The Morgan fingerprint density at radius 1 is 1.29 bits per heavy atom. The number of ether oxygens (including phenoxy) is 1. The molecule has 0 saturated heterocycles. The van der Waals surface area contributed by atoms with Gasteiger partial charge < -0.3 is 10.1 Å². The second kappa shape index (κ2) is 7.43. The number of esters is 1. The van der Waals surface area contributed by atoms with Crippen LogP contribution in [-0.2, 0) is 15.7 Å². The number of benzene rings is 1. The van der Waals surface area contributed by atoms with Gasteiger partial charge in [0.2, 0.25) is 0 Å². The number of rotatable bonds is 4. The lowest BCUT2D eigenvalue weighted by atomic mass is 10.2. The Morgan fingerprint density at radius 3 is 2.71 bits per heavy atom. The van der Waals surface area contributed by atoms with Crippen LogP contribution in [0.3, 0.4) is 0 Å². The molecule has 28 heavy (non-hydrogen) atoms. The number of anilines is 1. The van der Waals surface area contributed by atoms with Gasteiger partial charge in [0.05, 0.1) is 16.3 Å². The fourth-order valence-corrected chi connectivity index (χ4v) is 2.34. The molecule has 3 rings (SSSR count). The van der Waals surface area contributed by atoms with Crippen LogP contribution in [0, 0.1) is 6.92 Å². The number of carbonyl (C=O) groups excluding carboxylic acids is 2. The first-order valence-corrected chi connectivity index (χ1v) is 8.05. The van der Waals surface area contributed by atoms with Crippen molar-refractivity contribution in [1.82, 2.24) is 19.6 Å². The molecule has 0 atom stereocenters. The van der Waals surface area contributed by atoms with Crippen molar-refractivity contribution in [3.63, 3.8) is 0 Å². The van der Waals surface area contributed by atoms with Gasteiger partial charge in [0.15, 0.2) is 6.61 Å². The highest BCUT2D eigenvalue weighted by Crippen LogP contribution is 2.33. The molecule has 8 nitrogen and oxygen atoms in total. The Labute approximate surface area is 160 Å². The zero-order chi connectivity index (χ0) is 20.5. The molecular weight excluding hydrogens is 403 g/mol. The molecule has 146 valence electrons. The maximum Gasteiger partial charge on any atom is 0.416 e. The van der Waals surface area contributed by atoms with Gasteiger partial charge >= 0.3 is 12.1 Å². The van der Waals surface area contributed by atoms with Crippen molar-refractivity contribution in [2.75, 3.05) is 11.9 Å².